The molecule has 0 saturated heterocycles. The van der Waals surface area contributed by atoms with Gasteiger partial charge >= 0.3 is 0 Å². The van der Waals surface area contributed by atoms with Gasteiger partial charge in [-0.1, -0.05) is 58.8 Å². The molecule has 0 bridgehead atoms. The number of hydrogen-bond donors (Lipinski definition) is 0. The van der Waals surface area contributed by atoms with E-state index in [2.05, 4.69) is 23.4 Å². The summed E-state index contributed by atoms with van der Waals surface area (Å²) in [4.78, 5) is 4.05. The molecule has 0 amide bonds. The summed E-state index contributed by atoms with van der Waals surface area (Å²) in [7, 11) is 0. The van der Waals surface area contributed by atoms with Crippen molar-refractivity contribution in [1.29, 1.82) is 0 Å². The predicted octanol–water partition coefficient (Wildman–Crippen LogP) is 4.66. The van der Waals surface area contributed by atoms with Crippen molar-refractivity contribution in [3.8, 4) is 0 Å². The monoisotopic (exact) mass is 236 g/mol. The smallest absolute Gasteiger partial charge is 0.0945 e. The van der Waals surface area contributed by atoms with Gasteiger partial charge in [0, 0.05) is 18.9 Å². The minimum atomic E-state index is 0.880. The first-order valence-corrected chi connectivity index (χ1v) is 7.25. The number of nitrogens with zero attached hydrogens (tertiary/aromatic N) is 2. The Morgan fingerprint density at radius 1 is 0.941 bits per heavy atom. The van der Waals surface area contributed by atoms with Crippen molar-refractivity contribution in [2.45, 2.75) is 71.8 Å². The highest BCUT2D eigenvalue weighted by Crippen LogP contribution is 2.12. The Balaban J connectivity index is 1.79. The Labute approximate surface area is 106 Å². The van der Waals surface area contributed by atoms with Crippen LogP contribution in [0.1, 0.15) is 65.2 Å². The van der Waals surface area contributed by atoms with Crippen LogP contribution in [0.25, 0.3) is 0 Å². The fourth-order valence-corrected chi connectivity index (χ4v) is 2.15. The first-order chi connectivity index (χ1) is 8.29. The zero-order chi connectivity index (χ0) is 12.3. The van der Waals surface area contributed by atoms with Gasteiger partial charge < -0.3 is 4.57 Å². The first kappa shape index (κ1) is 14.3. The van der Waals surface area contributed by atoms with E-state index in [1.807, 2.05) is 18.7 Å². The molecule has 1 aromatic heterocycles. The van der Waals surface area contributed by atoms with Crippen LogP contribution < -0.4 is 0 Å². The largest absolute Gasteiger partial charge is 0.337 e. The van der Waals surface area contributed by atoms with Crippen LogP contribution >= 0.6 is 0 Å². The van der Waals surface area contributed by atoms with Crippen LogP contribution in [0.5, 0.6) is 0 Å². The summed E-state index contributed by atoms with van der Waals surface area (Å²) in [5.41, 5.74) is 0. The van der Waals surface area contributed by atoms with Crippen molar-refractivity contribution in [2.24, 2.45) is 5.92 Å². The highest BCUT2D eigenvalue weighted by atomic mass is 15.0. The molecule has 17 heavy (non-hydrogen) atoms. The van der Waals surface area contributed by atoms with Crippen molar-refractivity contribution in [3.05, 3.63) is 18.7 Å². The molecule has 0 aromatic carbocycles. The normalized spacial score (nSPS) is 11.2. The van der Waals surface area contributed by atoms with Gasteiger partial charge in [-0.05, 0) is 12.3 Å². The molecule has 1 aromatic rings. The van der Waals surface area contributed by atoms with E-state index in [0.717, 1.165) is 12.5 Å². The lowest BCUT2D eigenvalue weighted by molar-refractivity contribution is 0.503. The summed E-state index contributed by atoms with van der Waals surface area (Å²) < 4.78 is 2.17. The topological polar surface area (TPSA) is 17.8 Å². The molecule has 2 heteroatoms. The lowest BCUT2D eigenvalue weighted by Gasteiger charge is -2.05. The van der Waals surface area contributed by atoms with E-state index in [9.17, 15) is 0 Å². The molecular formula is C15H28N2. The number of unbranched alkanes of at least 4 members (excludes halogenated alkanes) is 6. The summed E-state index contributed by atoms with van der Waals surface area (Å²) in [5.74, 6) is 0.880. The van der Waals surface area contributed by atoms with E-state index in [1.165, 1.54) is 51.4 Å². The number of imidazole rings is 1. The van der Waals surface area contributed by atoms with Gasteiger partial charge in [0.15, 0.2) is 0 Å². The van der Waals surface area contributed by atoms with E-state index in [1.54, 1.807) is 0 Å². The van der Waals surface area contributed by atoms with Crippen LogP contribution in [0.15, 0.2) is 18.7 Å². The van der Waals surface area contributed by atoms with Gasteiger partial charge in [0.2, 0.25) is 0 Å². The average Bonchev–Trinajstić information content (AvgIpc) is 2.79. The molecule has 0 aliphatic carbocycles. The molecule has 0 radical (unpaired) electrons. The van der Waals surface area contributed by atoms with Gasteiger partial charge in [-0.15, -0.1) is 0 Å². The number of aromatic nitrogens is 2. The third-order valence-corrected chi connectivity index (χ3v) is 3.26. The van der Waals surface area contributed by atoms with Gasteiger partial charge in [0.25, 0.3) is 0 Å². The molecule has 0 spiro atoms. The molecule has 0 saturated carbocycles. The zero-order valence-corrected chi connectivity index (χ0v) is 11.6. The fourth-order valence-electron chi connectivity index (χ4n) is 2.15. The summed E-state index contributed by atoms with van der Waals surface area (Å²) in [6.45, 7) is 5.76. The molecular weight excluding hydrogens is 208 g/mol. The molecule has 0 N–H and O–H groups in total. The lowest BCUT2D eigenvalue weighted by Crippen LogP contribution is -1.94. The minimum absolute atomic E-state index is 0.880. The van der Waals surface area contributed by atoms with Crippen molar-refractivity contribution in [2.75, 3.05) is 0 Å². The van der Waals surface area contributed by atoms with Crippen molar-refractivity contribution in [1.82, 2.24) is 9.55 Å². The van der Waals surface area contributed by atoms with Crippen LogP contribution in [0.3, 0.4) is 0 Å². The molecule has 0 fully saturated rings. The molecule has 0 atom stereocenters. The van der Waals surface area contributed by atoms with E-state index >= 15 is 0 Å². The molecule has 1 heterocycles. The number of aryl methyl sites for hydroxylation is 1. The molecule has 98 valence electrons. The SMILES string of the molecule is CC(C)CCCCCCCCCn1ccnc1. The van der Waals surface area contributed by atoms with Gasteiger partial charge in [0.05, 0.1) is 6.33 Å². The van der Waals surface area contributed by atoms with Crippen molar-refractivity contribution < 1.29 is 0 Å². The molecule has 1 rings (SSSR count). The Hall–Kier alpha value is -0.790. The van der Waals surface area contributed by atoms with E-state index < -0.39 is 0 Å². The number of hydrogen-bond acceptors (Lipinski definition) is 1. The third-order valence-electron chi connectivity index (χ3n) is 3.26. The van der Waals surface area contributed by atoms with Crippen molar-refractivity contribution in [3.63, 3.8) is 0 Å². The van der Waals surface area contributed by atoms with E-state index in [0.29, 0.717) is 0 Å². The zero-order valence-electron chi connectivity index (χ0n) is 11.6. The second-order valence-corrected chi connectivity index (χ2v) is 5.46. The molecule has 0 aliphatic heterocycles. The highest BCUT2D eigenvalue weighted by molar-refractivity contribution is 4.73. The Kier molecular flexibility index (Phi) is 7.78. The van der Waals surface area contributed by atoms with Gasteiger partial charge in [-0.3, -0.25) is 0 Å². The fraction of sp³-hybridized carbons (Fsp3) is 0.800. The summed E-state index contributed by atoms with van der Waals surface area (Å²) in [6.07, 6.45) is 17.0. The highest BCUT2D eigenvalue weighted by Gasteiger charge is 1.95. The van der Waals surface area contributed by atoms with E-state index in [-0.39, 0.29) is 0 Å². The molecule has 0 aliphatic rings. The Morgan fingerprint density at radius 2 is 1.59 bits per heavy atom. The quantitative estimate of drug-likeness (QED) is 0.540. The summed E-state index contributed by atoms with van der Waals surface area (Å²) in [5, 5.41) is 0. The minimum Gasteiger partial charge on any atom is -0.337 e. The maximum atomic E-state index is 4.05. The van der Waals surface area contributed by atoms with Gasteiger partial charge in [-0.2, -0.15) is 0 Å². The van der Waals surface area contributed by atoms with Crippen molar-refractivity contribution >= 4 is 0 Å². The third kappa shape index (κ3) is 8.00. The summed E-state index contributed by atoms with van der Waals surface area (Å²) >= 11 is 0. The molecule has 2 nitrogen and oxygen atoms in total. The second kappa shape index (κ2) is 9.26. The Bertz CT molecular complexity index is 252. The molecule has 0 unspecified atom stereocenters. The Morgan fingerprint density at radius 3 is 2.18 bits per heavy atom. The van der Waals surface area contributed by atoms with Crippen LogP contribution in [0.2, 0.25) is 0 Å². The second-order valence-electron chi connectivity index (χ2n) is 5.46. The van der Waals surface area contributed by atoms with E-state index in [4.69, 9.17) is 0 Å². The van der Waals surface area contributed by atoms with Crippen LogP contribution in [0.4, 0.5) is 0 Å². The standard InChI is InChI=1S/C15H28N2/c1-15(2)10-8-6-4-3-5-7-9-12-17-13-11-16-14-17/h11,13-15H,3-10,12H2,1-2H3. The average molecular weight is 236 g/mol. The van der Waals surface area contributed by atoms with Crippen LogP contribution in [-0.4, -0.2) is 9.55 Å². The van der Waals surface area contributed by atoms with Gasteiger partial charge in [-0.25, -0.2) is 4.98 Å². The van der Waals surface area contributed by atoms with Crippen LogP contribution in [0, 0.1) is 5.92 Å². The lowest BCUT2D eigenvalue weighted by atomic mass is 10.0. The predicted molar refractivity (Wildman–Crippen MR) is 74.0 cm³/mol. The van der Waals surface area contributed by atoms with Gasteiger partial charge in [0.1, 0.15) is 0 Å². The maximum absolute atomic E-state index is 4.05. The maximum Gasteiger partial charge on any atom is 0.0945 e. The first-order valence-electron chi connectivity index (χ1n) is 7.25. The number of rotatable bonds is 10. The summed E-state index contributed by atoms with van der Waals surface area (Å²) in [6, 6.07) is 0. The van der Waals surface area contributed by atoms with Crippen LogP contribution in [-0.2, 0) is 6.54 Å².